The topological polar surface area (TPSA) is 105 Å². The van der Waals surface area contributed by atoms with Crippen molar-refractivity contribution in [3.05, 3.63) is 54.6 Å². The molecule has 2 aromatic rings. The van der Waals surface area contributed by atoms with Crippen molar-refractivity contribution in [1.29, 1.82) is 0 Å². The Labute approximate surface area is 151 Å². The molecule has 0 aliphatic carbocycles. The lowest BCUT2D eigenvalue weighted by molar-refractivity contribution is -0.126. The van der Waals surface area contributed by atoms with Crippen molar-refractivity contribution in [3.8, 4) is 0 Å². The van der Waals surface area contributed by atoms with E-state index in [2.05, 4.69) is 16.0 Å². The first-order chi connectivity index (χ1) is 12.6. The Kier molecular flexibility index (Phi) is 5.83. The van der Waals surface area contributed by atoms with Crippen molar-refractivity contribution in [2.45, 2.75) is 25.0 Å². The van der Waals surface area contributed by atoms with Crippen LogP contribution in [0.5, 0.6) is 0 Å². The van der Waals surface area contributed by atoms with Crippen molar-refractivity contribution in [3.63, 3.8) is 0 Å². The van der Waals surface area contributed by atoms with Gasteiger partial charge in [-0.05, 0) is 43.2 Å². The molecule has 1 aliphatic heterocycles. The van der Waals surface area contributed by atoms with Crippen LogP contribution in [0.15, 0.2) is 54.6 Å². The Morgan fingerprint density at radius 2 is 1.58 bits per heavy atom. The van der Waals surface area contributed by atoms with Crippen LogP contribution in [-0.4, -0.2) is 30.7 Å². The molecule has 0 radical (unpaired) electrons. The van der Waals surface area contributed by atoms with Gasteiger partial charge in [-0.3, -0.25) is 4.79 Å². The van der Waals surface area contributed by atoms with E-state index < -0.39 is 6.10 Å². The molecular weight excluding hydrogens is 332 g/mol. The number of hydrogen-bond donors (Lipinski definition) is 4. The minimum absolute atomic E-state index is 0.0552. The lowest BCUT2D eigenvalue weighted by Gasteiger charge is -2.13. The van der Waals surface area contributed by atoms with Gasteiger partial charge >= 0.3 is 6.03 Å². The normalized spacial score (nSPS) is 19.0. The highest BCUT2D eigenvalue weighted by Crippen LogP contribution is 2.21. The molecule has 1 fully saturated rings. The number of para-hydroxylation sites is 1. The fraction of sp³-hybridized carbons (Fsp3) is 0.263. The number of carbonyl (C=O) groups is 2. The smallest absolute Gasteiger partial charge is 0.323 e. The third kappa shape index (κ3) is 4.81. The van der Waals surface area contributed by atoms with Crippen LogP contribution in [0, 0.1) is 0 Å². The largest absolute Gasteiger partial charge is 0.364 e. The molecule has 0 bridgehead atoms. The molecule has 3 rings (SSSR count). The maximum Gasteiger partial charge on any atom is 0.323 e. The average Bonchev–Trinajstić information content (AvgIpc) is 3.12. The number of ether oxygens (including phenoxy) is 1. The Balaban J connectivity index is 1.56. The van der Waals surface area contributed by atoms with Crippen molar-refractivity contribution >= 4 is 29.0 Å². The molecule has 136 valence electrons. The van der Waals surface area contributed by atoms with E-state index in [1.807, 2.05) is 18.2 Å². The summed E-state index contributed by atoms with van der Waals surface area (Å²) >= 11 is 0. The van der Waals surface area contributed by atoms with Gasteiger partial charge in [0.05, 0.1) is 6.10 Å². The van der Waals surface area contributed by atoms with Gasteiger partial charge in [0.2, 0.25) is 0 Å². The van der Waals surface area contributed by atoms with Gasteiger partial charge in [0.1, 0.15) is 6.10 Å². The summed E-state index contributed by atoms with van der Waals surface area (Å²) < 4.78 is 5.59. The Morgan fingerprint density at radius 3 is 2.27 bits per heavy atom. The Hall–Kier alpha value is -2.90. The van der Waals surface area contributed by atoms with Gasteiger partial charge in [-0.15, -0.1) is 0 Å². The second-order valence-electron chi connectivity index (χ2n) is 6.07. The van der Waals surface area contributed by atoms with Crippen molar-refractivity contribution in [2.24, 2.45) is 5.73 Å². The molecule has 1 aliphatic rings. The van der Waals surface area contributed by atoms with Gasteiger partial charge in [0, 0.05) is 23.6 Å². The molecule has 0 unspecified atom stereocenters. The van der Waals surface area contributed by atoms with Crippen LogP contribution in [0.2, 0.25) is 0 Å². The van der Waals surface area contributed by atoms with E-state index in [0.717, 1.165) is 6.42 Å². The molecule has 5 N–H and O–H groups in total. The van der Waals surface area contributed by atoms with Gasteiger partial charge < -0.3 is 26.4 Å². The number of nitrogens with two attached hydrogens (primary N) is 1. The van der Waals surface area contributed by atoms with Crippen molar-refractivity contribution < 1.29 is 14.3 Å². The fourth-order valence-corrected chi connectivity index (χ4v) is 2.78. The standard InChI is InChI=1S/C19H22N4O3/c20-12-16-9-10-17(26-16)18(24)21-14-7-4-8-15(11-14)23-19(25)22-13-5-2-1-3-6-13/h1-8,11,16-17H,9-10,12,20H2,(H,21,24)(H2,22,23,25)/t16-,17+/m1/s1. The van der Waals surface area contributed by atoms with E-state index in [4.69, 9.17) is 10.5 Å². The maximum atomic E-state index is 12.3. The van der Waals surface area contributed by atoms with E-state index >= 15 is 0 Å². The SMILES string of the molecule is NC[C@H]1CC[C@@H](C(=O)Nc2cccc(NC(=O)Nc3ccccc3)c2)O1. The van der Waals surface area contributed by atoms with Crippen LogP contribution in [-0.2, 0) is 9.53 Å². The second-order valence-corrected chi connectivity index (χ2v) is 6.07. The van der Waals surface area contributed by atoms with Crippen LogP contribution in [0.25, 0.3) is 0 Å². The molecule has 0 spiro atoms. The lowest BCUT2D eigenvalue weighted by atomic mass is 10.2. The highest BCUT2D eigenvalue weighted by molar-refractivity contribution is 6.00. The first kappa shape index (κ1) is 17.9. The summed E-state index contributed by atoms with van der Waals surface area (Å²) in [5.74, 6) is -0.202. The summed E-state index contributed by atoms with van der Waals surface area (Å²) in [6.07, 6.45) is 0.906. The summed E-state index contributed by atoms with van der Waals surface area (Å²) in [6, 6.07) is 15.7. The highest BCUT2D eigenvalue weighted by Gasteiger charge is 2.29. The number of nitrogens with one attached hydrogen (secondary N) is 3. The molecule has 26 heavy (non-hydrogen) atoms. The second kappa shape index (κ2) is 8.46. The minimum atomic E-state index is -0.485. The molecule has 2 atom stereocenters. The fourth-order valence-electron chi connectivity index (χ4n) is 2.78. The monoisotopic (exact) mass is 354 g/mol. The third-order valence-corrected chi connectivity index (χ3v) is 4.08. The molecule has 1 heterocycles. The van der Waals surface area contributed by atoms with Crippen LogP contribution >= 0.6 is 0 Å². The van der Waals surface area contributed by atoms with E-state index in [1.54, 1.807) is 36.4 Å². The quantitative estimate of drug-likeness (QED) is 0.662. The number of anilines is 3. The number of urea groups is 1. The highest BCUT2D eigenvalue weighted by atomic mass is 16.5. The van der Waals surface area contributed by atoms with E-state index in [9.17, 15) is 9.59 Å². The summed E-state index contributed by atoms with van der Waals surface area (Å²) in [6.45, 7) is 0.416. The first-order valence-electron chi connectivity index (χ1n) is 8.53. The number of hydrogen-bond acceptors (Lipinski definition) is 4. The molecule has 0 aromatic heterocycles. The summed E-state index contributed by atoms with van der Waals surface area (Å²) in [5, 5.41) is 8.29. The zero-order chi connectivity index (χ0) is 18.4. The maximum absolute atomic E-state index is 12.3. The molecule has 3 amide bonds. The van der Waals surface area contributed by atoms with Crippen LogP contribution < -0.4 is 21.7 Å². The summed E-state index contributed by atoms with van der Waals surface area (Å²) in [7, 11) is 0. The lowest BCUT2D eigenvalue weighted by Crippen LogP contribution is -2.29. The average molecular weight is 354 g/mol. The van der Waals surface area contributed by atoms with Crippen molar-refractivity contribution in [1.82, 2.24) is 0 Å². The molecule has 7 nitrogen and oxygen atoms in total. The number of benzene rings is 2. The number of carbonyl (C=O) groups excluding carboxylic acids is 2. The van der Waals surface area contributed by atoms with E-state index in [-0.39, 0.29) is 18.0 Å². The van der Waals surface area contributed by atoms with Crippen LogP contribution in [0.4, 0.5) is 21.9 Å². The minimum Gasteiger partial charge on any atom is -0.364 e. The number of rotatable bonds is 5. The molecular formula is C19H22N4O3. The van der Waals surface area contributed by atoms with Gasteiger partial charge in [-0.1, -0.05) is 24.3 Å². The third-order valence-electron chi connectivity index (χ3n) is 4.08. The summed E-state index contributed by atoms with van der Waals surface area (Å²) in [5.41, 5.74) is 7.43. The molecule has 2 aromatic carbocycles. The predicted octanol–water partition coefficient (Wildman–Crippen LogP) is 2.78. The zero-order valence-corrected chi connectivity index (χ0v) is 14.3. The molecule has 7 heteroatoms. The Morgan fingerprint density at radius 1 is 0.923 bits per heavy atom. The predicted molar refractivity (Wildman–Crippen MR) is 101 cm³/mol. The van der Waals surface area contributed by atoms with E-state index in [1.165, 1.54) is 0 Å². The van der Waals surface area contributed by atoms with Gasteiger partial charge in [0.25, 0.3) is 5.91 Å². The van der Waals surface area contributed by atoms with Gasteiger partial charge in [-0.2, -0.15) is 0 Å². The summed E-state index contributed by atoms with van der Waals surface area (Å²) in [4.78, 5) is 24.3. The first-order valence-corrected chi connectivity index (χ1v) is 8.53. The molecule has 1 saturated heterocycles. The zero-order valence-electron chi connectivity index (χ0n) is 14.3. The van der Waals surface area contributed by atoms with Crippen molar-refractivity contribution in [2.75, 3.05) is 22.5 Å². The molecule has 0 saturated carbocycles. The Bertz CT molecular complexity index is 766. The van der Waals surface area contributed by atoms with Crippen LogP contribution in [0.1, 0.15) is 12.8 Å². The number of amides is 3. The van der Waals surface area contributed by atoms with Gasteiger partial charge in [0.15, 0.2) is 0 Å². The van der Waals surface area contributed by atoms with Crippen LogP contribution in [0.3, 0.4) is 0 Å². The van der Waals surface area contributed by atoms with Gasteiger partial charge in [-0.25, -0.2) is 4.79 Å². The van der Waals surface area contributed by atoms with E-state index in [0.29, 0.717) is 30.0 Å².